The van der Waals surface area contributed by atoms with E-state index in [9.17, 15) is 0 Å². The van der Waals surface area contributed by atoms with E-state index in [1.54, 1.807) is 11.3 Å². The van der Waals surface area contributed by atoms with Crippen LogP contribution in [0.2, 0.25) is 37.8 Å². The molecule has 0 atom stereocenters. The van der Waals surface area contributed by atoms with Gasteiger partial charge in [-0.2, -0.15) is 0 Å². The van der Waals surface area contributed by atoms with Gasteiger partial charge in [0.15, 0.2) is 0 Å². The lowest BCUT2D eigenvalue weighted by Crippen LogP contribution is -2.49. The number of nitrogens with zero attached hydrogens (tertiary/aromatic N) is 1. The predicted octanol–water partition coefficient (Wildman–Crippen LogP) is 4.85. The number of thiazole rings is 1. The molecule has 1 aromatic rings. The molecule has 0 amide bonds. The molecule has 1 heterocycles. The Morgan fingerprint density at radius 1 is 1.11 bits per heavy atom. The third kappa shape index (κ3) is 4.28. The van der Waals surface area contributed by atoms with Crippen molar-refractivity contribution in [2.75, 3.05) is 0 Å². The quantitative estimate of drug-likeness (QED) is 0.506. The minimum absolute atomic E-state index is 0.313. The fourth-order valence-electron chi connectivity index (χ4n) is 1.21. The summed E-state index contributed by atoms with van der Waals surface area (Å²) in [6.45, 7) is 18.6. The number of aromatic nitrogens is 1. The van der Waals surface area contributed by atoms with Crippen LogP contribution in [0.25, 0.3) is 0 Å². The third-order valence-electron chi connectivity index (χ3n) is 3.55. The van der Waals surface area contributed by atoms with Gasteiger partial charge in [-0.05, 0) is 21.0 Å². The molecule has 0 fully saturated rings. The van der Waals surface area contributed by atoms with E-state index in [0.717, 1.165) is 9.48 Å². The Hall–Kier alpha value is 0.104. The van der Waals surface area contributed by atoms with Crippen molar-refractivity contribution < 1.29 is 0 Å². The Balaban J connectivity index is 3.20. The first-order chi connectivity index (χ1) is 8.34. The highest BCUT2D eigenvalue weighted by Gasteiger charge is 2.40. The first-order valence-corrected chi connectivity index (χ1v) is 14.7. The lowest BCUT2D eigenvalue weighted by molar-refractivity contribution is 0.729. The van der Waals surface area contributed by atoms with Gasteiger partial charge in [0.25, 0.3) is 0 Å². The summed E-state index contributed by atoms with van der Waals surface area (Å²) in [6, 6.07) is 0. The first kappa shape index (κ1) is 17.2. The van der Waals surface area contributed by atoms with E-state index in [1.807, 2.05) is 0 Å². The van der Waals surface area contributed by atoms with Gasteiger partial charge in [0.2, 0.25) is 0 Å². The van der Waals surface area contributed by atoms with Crippen molar-refractivity contribution in [2.24, 2.45) is 0 Å². The second-order valence-corrected chi connectivity index (χ2v) is 19.6. The highest BCUT2D eigenvalue weighted by Crippen LogP contribution is 2.37. The van der Waals surface area contributed by atoms with E-state index in [1.165, 1.54) is 4.63 Å². The van der Waals surface area contributed by atoms with Gasteiger partial charge in [0.1, 0.15) is 25.6 Å². The van der Waals surface area contributed by atoms with Gasteiger partial charge in [0.05, 0.1) is 4.63 Å². The SMILES string of the molecule is CC(C)(C)[Si](C)(C)c1nc(Br)c(C#C[Si](C)(C)C)s1. The maximum atomic E-state index is 4.76. The third-order valence-corrected chi connectivity index (χ3v) is 12.8. The van der Waals surface area contributed by atoms with Crippen molar-refractivity contribution in [1.29, 1.82) is 0 Å². The summed E-state index contributed by atoms with van der Waals surface area (Å²) in [6.07, 6.45) is 0. The molecule has 0 N–H and O–H groups in total. The maximum absolute atomic E-state index is 4.76. The van der Waals surface area contributed by atoms with Crippen molar-refractivity contribution in [1.82, 2.24) is 4.98 Å². The number of rotatable bonds is 1. The second-order valence-electron chi connectivity index (χ2n) is 7.51. The second kappa shape index (κ2) is 5.47. The Morgan fingerprint density at radius 2 is 1.63 bits per heavy atom. The molecule has 0 aliphatic carbocycles. The largest absolute Gasteiger partial charge is 0.238 e. The minimum Gasteiger partial charge on any atom is -0.238 e. The van der Waals surface area contributed by atoms with Crippen LogP contribution >= 0.6 is 27.3 Å². The summed E-state index contributed by atoms with van der Waals surface area (Å²) in [5.74, 6) is 3.34. The van der Waals surface area contributed by atoms with Crippen molar-refractivity contribution >= 4 is 48.0 Å². The lowest BCUT2D eigenvalue weighted by atomic mass is 10.2. The highest BCUT2D eigenvalue weighted by atomic mass is 79.9. The van der Waals surface area contributed by atoms with Crippen LogP contribution in [0.3, 0.4) is 0 Å². The molecule has 1 aromatic heterocycles. The molecule has 0 saturated carbocycles. The van der Waals surface area contributed by atoms with Crippen LogP contribution in [-0.2, 0) is 0 Å². The molecular formula is C14H24BrNSSi2. The molecule has 5 heteroatoms. The van der Waals surface area contributed by atoms with Crippen LogP contribution in [0.4, 0.5) is 0 Å². The smallest absolute Gasteiger partial charge is 0.132 e. The fraction of sp³-hybridized carbons (Fsp3) is 0.643. The van der Waals surface area contributed by atoms with E-state index in [2.05, 4.69) is 80.9 Å². The molecule has 1 rings (SSSR count). The average molecular weight is 374 g/mol. The molecule has 0 bridgehead atoms. The normalized spacial score (nSPS) is 13.1. The zero-order valence-electron chi connectivity index (χ0n) is 13.2. The van der Waals surface area contributed by atoms with Crippen molar-refractivity contribution in [3.63, 3.8) is 0 Å². The zero-order valence-corrected chi connectivity index (χ0v) is 17.6. The zero-order chi connectivity index (χ0) is 15.1. The molecule has 0 aliphatic rings. The van der Waals surface area contributed by atoms with Gasteiger partial charge >= 0.3 is 0 Å². The van der Waals surface area contributed by atoms with Gasteiger partial charge in [-0.1, -0.05) is 59.4 Å². The molecule has 106 valence electrons. The summed E-state index contributed by atoms with van der Waals surface area (Å²) in [4.78, 5) is 5.86. The van der Waals surface area contributed by atoms with Crippen molar-refractivity contribution in [2.45, 2.75) is 58.5 Å². The molecule has 0 radical (unpaired) electrons. The van der Waals surface area contributed by atoms with E-state index < -0.39 is 16.1 Å². The monoisotopic (exact) mass is 373 g/mol. The van der Waals surface area contributed by atoms with E-state index in [4.69, 9.17) is 4.98 Å². The van der Waals surface area contributed by atoms with Crippen LogP contribution < -0.4 is 4.63 Å². The summed E-state index contributed by atoms with van der Waals surface area (Å²) in [7, 11) is -2.87. The summed E-state index contributed by atoms with van der Waals surface area (Å²) in [5.41, 5.74) is 3.43. The van der Waals surface area contributed by atoms with Crippen LogP contribution in [0.5, 0.6) is 0 Å². The average Bonchev–Trinajstić information content (AvgIpc) is 2.54. The van der Waals surface area contributed by atoms with Gasteiger partial charge in [-0.15, -0.1) is 16.9 Å². The van der Waals surface area contributed by atoms with Gasteiger partial charge < -0.3 is 0 Å². The Kier molecular flexibility index (Phi) is 4.94. The minimum atomic E-state index is -1.55. The van der Waals surface area contributed by atoms with Crippen LogP contribution in [0.15, 0.2) is 4.60 Å². The predicted molar refractivity (Wildman–Crippen MR) is 96.9 cm³/mol. The number of hydrogen-bond donors (Lipinski definition) is 0. The highest BCUT2D eigenvalue weighted by molar-refractivity contribution is 9.10. The molecule has 19 heavy (non-hydrogen) atoms. The molecular weight excluding hydrogens is 350 g/mol. The molecule has 0 aromatic carbocycles. The fourth-order valence-corrected chi connectivity index (χ4v) is 6.44. The molecule has 0 saturated heterocycles. The van der Waals surface area contributed by atoms with E-state index >= 15 is 0 Å². The maximum Gasteiger partial charge on any atom is 0.132 e. The summed E-state index contributed by atoms with van der Waals surface area (Å²) < 4.78 is 2.23. The van der Waals surface area contributed by atoms with E-state index in [0.29, 0.717) is 5.04 Å². The van der Waals surface area contributed by atoms with Crippen LogP contribution in [0.1, 0.15) is 25.6 Å². The number of hydrogen-bond acceptors (Lipinski definition) is 2. The van der Waals surface area contributed by atoms with Crippen molar-refractivity contribution in [3.8, 4) is 11.5 Å². The topological polar surface area (TPSA) is 12.9 Å². The van der Waals surface area contributed by atoms with Gasteiger partial charge in [-0.25, -0.2) is 4.98 Å². The summed E-state index contributed by atoms with van der Waals surface area (Å²) >= 11 is 5.36. The van der Waals surface area contributed by atoms with Crippen LogP contribution in [0, 0.1) is 11.5 Å². The molecule has 0 unspecified atom stereocenters. The Bertz CT molecular complexity index is 524. The lowest BCUT2D eigenvalue weighted by Gasteiger charge is -2.34. The standard InChI is InChI=1S/C14H24BrNSSi2/c1-14(2,3)19(7,8)13-16-12(15)11(17-13)9-10-18(4,5)6/h1-8H3. The van der Waals surface area contributed by atoms with Crippen LogP contribution in [-0.4, -0.2) is 21.1 Å². The number of halogens is 1. The molecule has 0 aliphatic heterocycles. The van der Waals surface area contributed by atoms with Gasteiger partial charge in [-0.3, -0.25) is 0 Å². The molecule has 0 spiro atoms. The van der Waals surface area contributed by atoms with Gasteiger partial charge in [0, 0.05) is 0 Å². The Morgan fingerprint density at radius 3 is 2.05 bits per heavy atom. The first-order valence-electron chi connectivity index (χ1n) is 6.54. The molecule has 1 nitrogen and oxygen atoms in total. The van der Waals surface area contributed by atoms with Crippen molar-refractivity contribution in [3.05, 3.63) is 9.48 Å². The van der Waals surface area contributed by atoms with E-state index in [-0.39, 0.29) is 0 Å². The Labute approximate surface area is 132 Å². The summed E-state index contributed by atoms with van der Waals surface area (Å²) in [5, 5.41) is 0.313.